The summed E-state index contributed by atoms with van der Waals surface area (Å²) in [7, 11) is 1.57. The number of halogens is 1. The minimum atomic E-state index is -0.272. The van der Waals surface area contributed by atoms with Crippen molar-refractivity contribution < 1.29 is 14.3 Å². The second-order valence-corrected chi connectivity index (χ2v) is 6.33. The molecular formula is C18H19BrN2O3. The van der Waals surface area contributed by atoms with Gasteiger partial charge in [-0.1, -0.05) is 15.9 Å². The Morgan fingerprint density at radius 3 is 2.29 bits per heavy atom. The maximum atomic E-state index is 12.5. The molecule has 0 aliphatic rings. The molecule has 0 saturated heterocycles. The van der Waals surface area contributed by atoms with Gasteiger partial charge in [0.25, 0.3) is 11.8 Å². The summed E-state index contributed by atoms with van der Waals surface area (Å²) in [5.74, 6) is 0.0677. The van der Waals surface area contributed by atoms with Crippen molar-refractivity contribution in [1.82, 2.24) is 5.32 Å². The second-order valence-electron chi connectivity index (χ2n) is 5.42. The Labute approximate surface area is 149 Å². The van der Waals surface area contributed by atoms with Crippen LogP contribution in [0.15, 0.2) is 46.9 Å². The molecule has 2 N–H and O–H groups in total. The van der Waals surface area contributed by atoms with Gasteiger partial charge in [-0.2, -0.15) is 0 Å². The predicted octanol–water partition coefficient (Wildman–Crippen LogP) is 3.85. The standard InChI is InChI=1S/C18H19BrN2O3/c1-11(2)24-16-10-13(19)6-9-15(16)18(23)21-14-7-4-12(5-8-14)17(22)20-3/h4-11H,1-3H3,(H,20,22)(H,21,23). The van der Waals surface area contributed by atoms with Crippen LogP contribution in [-0.2, 0) is 0 Å². The van der Waals surface area contributed by atoms with Crippen LogP contribution in [0, 0.1) is 0 Å². The molecular weight excluding hydrogens is 372 g/mol. The van der Waals surface area contributed by atoms with E-state index in [9.17, 15) is 9.59 Å². The van der Waals surface area contributed by atoms with E-state index in [-0.39, 0.29) is 17.9 Å². The third-order valence-electron chi connectivity index (χ3n) is 3.18. The lowest BCUT2D eigenvalue weighted by Gasteiger charge is -2.14. The van der Waals surface area contributed by atoms with E-state index in [1.807, 2.05) is 13.8 Å². The van der Waals surface area contributed by atoms with Crippen LogP contribution in [0.5, 0.6) is 5.75 Å². The van der Waals surface area contributed by atoms with Gasteiger partial charge in [-0.25, -0.2) is 0 Å². The number of nitrogens with one attached hydrogen (secondary N) is 2. The Balaban J connectivity index is 2.19. The number of hydrogen-bond acceptors (Lipinski definition) is 3. The van der Waals surface area contributed by atoms with Crippen LogP contribution in [0.25, 0.3) is 0 Å². The van der Waals surface area contributed by atoms with Crippen molar-refractivity contribution in [3.8, 4) is 5.75 Å². The number of carbonyl (C=O) groups excluding carboxylic acids is 2. The summed E-state index contributed by atoms with van der Waals surface area (Å²) < 4.78 is 6.54. The normalized spacial score (nSPS) is 10.4. The van der Waals surface area contributed by atoms with Crippen LogP contribution >= 0.6 is 15.9 Å². The topological polar surface area (TPSA) is 67.4 Å². The van der Waals surface area contributed by atoms with Crippen LogP contribution < -0.4 is 15.4 Å². The summed E-state index contributed by atoms with van der Waals surface area (Å²) in [6.07, 6.45) is -0.0438. The minimum absolute atomic E-state index is 0.0438. The molecule has 0 radical (unpaired) electrons. The van der Waals surface area contributed by atoms with Crippen molar-refractivity contribution in [2.45, 2.75) is 20.0 Å². The van der Waals surface area contributed by atoms with Crippen LogP contribution in [0.3, 0.4) is 0 Å². The molecule has 0 saturated carbocycles. The molecule has 0 bridgehead atoms. The number of rotatable bonds is 5. The Morgan fingerprint density at radius 1 is 1.04 bits per heavy atom. The number of carbonyl (C=O) groups is 2. The lowest BCUT2D eigenvalue weighted by atomic mass is 10.1. The summed E-state index contributed by atoms with van der Waals surface area (Å²) in [5.41, 5.74) is 1.58. The lowest BCUT2D eigenvalue weighted by molar-refractivity contribution is 0.0962. The summed E-state index contributed by atoms with van der Waals surface area (Å²) in [6.45, 7) is 3.81. The maximum Gasteiger partial charge on any atom is 0.259 e. The van der Waals surface area contributed by atoms with E-state index < -0.39 is 0 Å². The van der Waals surface area contributed by atoms with E-state index in [1.54, 1.807) is 49.5 Å². The molecule has 0 aliphatic carbocycles. The fraction of sp³-hybridized carbons (Fsp3) is 0.222. The molecule has 2 aromatic rings. The van der Waals surface area contributed by atoms with E-state index in [4.69, 9.17) is 4.74 Å². The zero-order valence-corrected chi connectivity index (χ0v) is 15.3. The van der Waals surface area contributed by atoms with Crippen molar-refractivity contribution >= 4 is 33.4 Å². The van der Waals surface area contributed by atoms with E-state index in [0.717, 1.165) is 4.47 Å². The molecule has 0 aliphatic heterocycles. The minimum Gasteiger partial charge on any atom is -0.490 e. The summed E-state index contributed by atoms with van der Waals surface area (Å²) in [4.78, 5) is 24.0. The monoisotopic (exact) mass is 390 g/mol. The van der Waals surface area contributed by atoms with E-state index in [1.165, 1.54) is 0 Å². The third kappa shape index (κ3) is 4.58. The lowest BCUT2D eigenvalue weighted by Crippen LogP contribution is -2.18. The fourth-order valence-corrected chi connectivity index (χ4v) is 2.42. The van der Waals surface area contributed by atoms with Crippen LogP contribution in [0.4, 0.5) is 5.69 Å². The Morgan fingerprint density at radius 2 is 1.71 bits per heavy atom. The van der Waals surface area contributed by atoms with Gasteiger partial charge in [0, 0.05) is 22.8 Å². The quantitative estimate of drug-likeness (QED) is 0.814. The SMILES string of the molecule is CNC(=O)c1ccc(NC(=O)c2ccc(Br)cc2OC(C)C)cc1. The molecule has 0 spiro atoms. The molecule has 0 atom stereocenters. The zero-order chi connectivity index (χ0) is 17.7. The first kappa shape index (κ1) is 18.0. The number of benzene rings is 2. The smallest absolute Gasteiger partial charge is 0.259 e. The predicted molar refractivity (Wildman–Crippen MR) is 97.7 cm³/mol. The molecule has 2 aromatic carbocycles. The Bertz CT molecular complexity index is 742. The van der Waals surface area contributed by atoms with Crippen molar-refractivity contribution in [3.63, 3.8) is 0 Å². The van der Waals surface area contributed by atoms with Gasteiger partial charge < -0.3 is 15.4 Å². The van der Waals surface area contributed by atoms with Crippen molar-refractivity contribution in [2.75, 3.05) is 12.4 Å². The first-order valence-electron chi connectivity index (χ1n) is 7.50. The average molecular weight is 391 g/mol. The first-order chi connectivity index (χ1) is 11.4. The van der Waals surface area contributed by atoms with Gasteiger partial charge in [0.15, 0.2) is 0 Å². The molecule has 126 valence electrons. The van der Waals surface area contributed by atoms with Gasteiger partial charge in [-0.05, 0) is 56.3 Å². The molecule has 2 rings (SSSR count). The average Bonchev–Trinajstić information content (AvgIpc) is 2.54. The summed E-state index contributed by atoms with van der Waals surface area (Å²) >= 11 is 3.38. The van der Waals surface area contributed by atoms with Crippen LogP contribution in [-0.4, -0.2) is 25.0 Å². The Hall–Kier alpha value is -2.34. The molecule has 0 aromatic heterocycles. The number of anilines is 1. The van der Waals surface area contributed by atoms with Gasteiger partial charge in [0.1, 0.15) is 5.75 Å². The molecule has 24 heavy (non-hydrogen) atoms. The highest BCUT2D eigenvalue weighted by molar-refractivity contribution is 9.10. The van der Waals surface area contributed by atoms with Crippen LogP contribution in [0.2, 0.25) is 0 Å². The van der Waals surface area contributed by atoms with Crippen molar-refractivity contribution in [1.29, 1.82) is 0 Å². The maximum absolute atomic E-state index is 12.5. The van der Waals surface area contributed by atoms with E-state index in [0.29, 0.717) is 22.6 Å². The number of ether oxygens (including phenoxy) is 1. The van der Waals surface area contributed by atoms with Crippen molar-refractivity contribution in [2.24, 2.45) is 0 Å². The second kappa shape index (κ2) is 7.97. The molecule has 6 heteroatoms. The fourth-order valence-electron chi connectivity index (χ4n) is 2.08. The van der Waals surface area contributed by atoms with Gasteiger partial charge in [-0.15, -0.1) is 0 Å². The first-order valence-corrected chi connectivity index (χ1v) is 8.29. The van der Waals surface area contributed by atoms with Gasteiger partial charge in [-0.3, -0.25) is 9.59 Å². The summed E-state index contributed by atoms with van der Waals surface area (Å²) in [5, 5.41) is 5.36. The highest BCUT2D eigenvalue weighted by atomic mass is 79.9. The van der Waals surface area contributed by atoms with Gasteiger partial charge in [0.05, 0.1) is 11.7 Å². The molecule has 0 fully saturated rings. The van der Waals surface area contributed by atoms with Gasteiger partial charge in [0.2, 0.25) is 0 Å². The number of hydrogen-bond donors (Lipinski definition) is 2. The number of amides is 2. The van der Waals surface area contributed by atoms with E-state index >= 15 is 0 Å². The zero-order valence-electron chi connectivity index (χ0n) is 13.7. The van der Waals surface area contributed by atoms with Crippen LogP contribution in [0.1, 0.15) is 34.6 Å². The highest BCUT2D eigenvalue weighted by Gasteiger charge is 2.15. The van der Waals surface area contributed by atoms with E-state index in [2.05, 4.69) is 26.6 Å². The Kier molecular flexibility index (Phi) is 5.98. The highest BCUT2D eigenvalue weighted by Crippen LogP contribution is 2.26. The van der Waals surface area contributed by atoms with Gasteiger partial charge >= 0.3 is 0 Å². The third-order valence-corrected chi connectivity index (χ3v) is 3.68. The largest absolute Gasteiger partial charge is 0.490 e. The molecule has 2 amide bonds. The molecule has 0 unspecified atom stereocenters. The summed E-state index contributed by atoms with van der Waals surface area (Å²) in [6, 6.07) is 11.9. The van der Waals surface area contributed by atoms with Crippen molar-refractivity contribution in [3.05, 3.63) is 58.1 Å². The molecule has 0 heterocycles. The molecule has 5 nitrogen and oxygen atoms in total.